The molecule has 0 aromatic heterocycles. The summed E-state index contributed by atoms with van der Waals surface area (Å²) in [6.45, 7) is 5.53. The molecule has 0 saturated carbocycles. The second kappa shape index (κ2) is 17.4. The molecule has 4 rings (SSSR count). The molecule has 12 heteroatoms. The van der Waals surface area contributed by atoms with E-state index in [1.54, 1.807) is 59.4 Å². The van der Waals surface area contributed by atoms with Gasteiger partial charge in [0, 0.05) is 12.5 Å². The Morgan fingerprint density at radius 2 is 1.58 bits per heavy atom. The molecule has 3 atom stereocenters. The monoisotopic (exact) mass is 707 g/mol. The van der Waals surface area contributed by atoms with Crippen molar-refractivity contribution in [3.05, 3.63) is 69.4 Å². The van der Waals surface area contributed by atoms with Crippen LogP contribution >= 0.6 is 11.8 Å². The Balaban J connectivity index is 1.80. The summed E-state index contributed by atoms with van der Waals surface area (Å²) in [6, 6.07) is 11.1. The average Bonchev–Trinajstić information content (AvgIpc) is 3.35. The van der Waals surface area contributed by atoms with Crippen molar-refractivity contribution in [2.45, 2.75) is 58.2 Å². The van der Waals surface area contributed by atoms with Gasteiger partial charge in [-0.25, -0.2) is 0 Å². The fourth-order valence-corrected chi connectivity index (χ4v) is 6.93. The van der Waals surface area contributed by atoms with Crippen LogP contribution in [0.15, 0.2) is 47.3 Å². The average molecular weight is 708 g/mol. The number of ether oxygens (including phenoxy) is 5. The number of carbonyl (C=O) groups is 2. The summed E-state index contributed by atoms with van der Waals surface area (Å²) in [5, 5.41) is 9.54. The van der Waals surface area contributed by atoms with Crippen molar-refractivity contribution < 1.29 is 33.3 Å². The van der Waals surface area contributed by atoms with Crippen molar-refractivity contribution in [3.63, 3.8) is 0 Å². The maximum Gasteiger partial charge on any atom is 0.243 e. The number of rotatable bonds is 15. The van der Waals surface area contributed by atoms with Crippen molar-refractivity contribution in [2.24, 2.45) is 5.92 Å². The van der Waals surface area contributed by atoms with Gasteiger partial charge in [0.1, 0.15) is 6.04 Å². The first-order valence-electron chi connectivity index (χ1n) is 16.6. The van der Waals surface area contributed by atoms with E-state index >= 15 is 0 Å². The van der Waals surface area contributed by atoms with Gasteiger partial charge in [-0.15, -0.1) is 0 Å². The number of fused-ring (bicyclic) bond motifs is 3. The second-order valence-corrected chi connectivity index (χ2v) is 13.4. The molecular formula is C38H49N3O8S. The highest BCUT2D eigenvalue weighted by atomic mass is 32.2. The summed E-state index contributed by atoms with van der Waals surface area (Å²) in [6.07, 6.45) is 3.58. The first kappa shape index (κ1) is 38.2. The molecule has 0 aliphatic heterocycles. The van der Waals surface area contributed by atoms with Gasteiger partial charge in [0.2, 0.25) is 23.0 Å². The van der Waals surface area contributed by atoms with Crippen LogP contribution in [-0.4, -0.2) is 65.4 Å². The topological polar surface area (TPSA) is 133 Å². The highest BCUT2D eigenvalue weighted by molar-refractivity contribution is 7.98. The third-order valence-electron chi connectivity index (χ3n) is 8.90. The number of aryl methyl sites for hydroxylation is 1. The van der Waals surface area contributed by atoms with Crippen LogP contribution < -0.4 is 45.1 Å². The maximum atomic E-state index is 14.0. The normalized spacial score (nSPS) is 14.6. The predicted molar refractivity (Wildman–Crippen MR) is 198 cm³/mol. The summed E-state index contributed by atoms with van der Waals surface area (Å²) in [4.78, 5) is 40.4. The molecular weight excluding hydrogens is 658 g/mol. The SMILES string of the molecule is COc1ccc([C@H](NC(=O)[C@H](CCSC)Nc2ccc3c(cc2=O)[C@@H](NC(C)=O)CCc2cc(OC)c(OC)c(OC)c2-3)C(C)C)cc1OC. The summed E-state index contributed by atoms with van der Waals surface area (Å²) in [5.74, 6) is 2.87. The number of amides is 2. The molecule has 50 heavy (non-hydrogen) atoms. The standard InChI is InChI=1S/C38H49N3O8S/c1-21(2)35(24-11-15-31(45-4)32(19-24)46-5)41-38(44)29(16-17-50-9)40-28-14-12-25-26(20-30(28)43)27(39-22(3)42)13-10-23-18-33(47-6)36(48-7)37(49-8)34(23)25/h11-12,14-15,18-21,27,29,35H,10,13,16-17H2,1-9H3,(H,39,42)(H,40,43)(H,41,44)/t27-,29-,35+/m0/s1. The zero-order valence-corrected chi connectivity index (χ0v) is 31.2. The predicted octanol–water partition coefficient (Wildman–Crippen LogP) is 5.93. The molecule has 3 N–H and O–H groups in total. The van der Waals surface area contributed by atoms with Gasteiger partial charge >= 0.3 is 0 Å². The lowest BCUT2D eigenvalue weighted by atomic mass is 9.95. The van der Waals surface area contributed by atoms with Crippen LogP contribution in [0, 0.1) is 5.92 Å². The molecule has 0 radical (unpaired) electrons. The lowest BCUT2D eigenvalue weighted by Gasteiger charge is -2.27. The van der Waals surface area contributed by atoms with Crippen molar-refractivity contribution in [1.29, 1.82) is 0 Å². The minimum atomic E-state index is -0.712. The zero-order chi connectivity index (χ0) is 36.5. The zero-order valence-electron chi connectivity index (χ0n) is 30.4. The Hall–Kier alpha value is -4.58. The van der Waals surface area contributed by atoms with Gasteiger partial charge in [0.15, 0.2) is 23.0 Å². The van der Waals surface area contributed by atoms with E-state index in [1.165, 1.54) is 6.92 Å². The van der Waals surface area contributed by atoms with Gasteiger partial charge in [-0.1, -0.05) is 26.0 Å². The summed E-state index contributed by atoms with van der Waals surface area (Å²) >= 11 is 1.62. The van der Waals surface area contributed by atoms with E-state index in [1.807, 2.05) is 50.4 Å². The first-order chi connectivity index (χ1) is 24.0. The Kier molecular flexibility index (Phi) is 13.3. The first-order valence-corrected chi connectivity index (χ1v) is 18.0. The Labute approximate surface area is 298 Å². The van der Waals surface area contributed by atoms with E-state index in [0.29, 0.717) is 64.9 Å². The molecule has 1 aliphatic rings. The van der Waals surface area contributed by atoms with Crippen LogP contribution in [0.4, 0.5) is 5.69 Å². The van der Waals surface area contributed by atoms with Gasteiger partial charge in [-0.05, 0) is 89.8 Å². The maximum absolute atomic E-state index is 14.0. The van der Waals surface area contributed by atoms with Crippen LogP contribution in [0.1, 0.15) is 62.4 Å². The number of thioether (sulfide) groups is 1. The molecule has 11 nitrogen and oxygen atoms in total. The van der Waals surface area contributed by atoms with E-state index in [4.69, 9.17) is 23.7 Å². The molecule has 270 valence electrons. The van der Waals surface area contributed by atoms with E-state index < -0.39 is 12.1 Å². The van der Waals surface area contributed by atoms with E-state index in [-0.39, 0.29) is 34.9 Å². The summed E-state index contributed by atoms with van der Waals surface area (Å²) in [7, 11) is 7.83. The molecule has 0 bridgehead atoms. The molecule has 0 spiro atoms. The highest BCUT2D eigenvalue weighted by Gasteiger charge is 2.30. The molecule has 3 aromatic rings. The van der Waals surface area contributed by atoms with Crippen LogP contribution in [0.2, 0.25) is 0 Å². The van der Waals surface area contributed by atoms with Crippen LogP contribution in [0.25, 0.3) is 11.1 Å². The number of methoxy groups -OCH3 is 5. The lowest BCUT2D eigenvalue weighted by molar-refractivity contribution is -0.123. The highest BCUT2D eigenvalue weighted by Crippen LogP contribution is 2.50. The fourth-order valence-electron chi connectivity index (χ4n) is 6.45. The molecule has 0 fully saturated rings. The number of benzene rings is 2. The van der Waals surface area contributed by atoms with Gasteiger partial charge in [-0.3, -0.25) is 14.4 Å². The van der Waals surface area contributed by atoms with Crippen LogP contribution in [0.5, 0.6) is 28.7 Å². The molecule has 2 amide bonds. The van der Waals surface area contributed by atoms with Gasteiger partial charge in [0.25, 0.3) is 0 Å². The van der Waals surface area contributed by atoms with Gasteiger partial charge < -0.3 is 39.6 Å². The van der Waals surface area contributed by atoms with E-state index in [2.05, 4.69) is 16.0 Å². The van der Waals surface area contributed by atoms with E-state index in [0.717, 1.165) is 16.7 Å². The minimum Gasteiger partial charge on any atom is -0.493 e. The van der Waals surface area contributed by atoms with Crippen molar-refractivity contribution in [2.75, 3.05) is 52.9 Å². The quantitative estimate of drug-likeness (QED) is 0.175. The Morgan fingerprint density at radius 3 is 2.18 bits per heavy atom. The number of carbonyl (C=O) groups excluding carboxylic acids is 2. The number of nitrogens with one attached hydrogen (secondary N) is 3. The van der Waals surface area contributed by atoms with Crippen LogP contribution in [0.3, 0.4) is 0 Å². The smallest absolute Gasteiger partial charge is 0.243 e. The Bertz CT molecular complexity index is 1750. The molecule has 3 aromatic carbocycles. The summed E-state index contributed by atoms with van der Waals surface area (Å²) < 4.78 is 28.2. The third-order valence-corrected chi connectivity index (χ3v) is 9.55. The summed E-state index contributed by atoms with van der Waals surface area (Å²) in [5.41, 5.74) is 3.84. The fraction of sp³-hybridized carbons (Fsp3) is 0.447. The van der Waals surface area contributed by atoms with Crippen molar-refractivity contribution >= 4 is 29.3 Å². The van der Waals surface area contributed by atoms with Gasteiger partial charge in [0.05, 0.1) is 53.3 Å². The van der Waals surface area contributed by atoms with Crippen molar-refractivity contribution in [1.82, 2.24) is 10.6 Å². The van der Waals surface area contributed by atoms with Crippen LogP contribution in [-0.2, 0) is 16.0 Å². The number of anilines is 1. The molecule has 0 heterocycles. The van der Waals surface area contributed by atoms with E-state index in [9.17, 15) is 14.4 Å². The Morgan fingerprint density at radius 1 is 0.880 bits per heavy atom. The second-order valence-electron chi connectivity index (χ2n) is 12.4. The number of hydrogen-bond acceptors (Lipinski definition) is 10. The third kappa shape index (κ3) is 8.40. The molecule has 1 aliphatic carbocycles. The molecule has 0 unspecified atom stereocenters. The minimum absolute atomic E-state index is 0.0508. The lowest BCUT2D eigenvalue weighted by Crippen LogP contribution is -2.43. The van der Waals surface area contributed by atoms with Gasteiger partial charge in [-0.2, -0.15) is 11.8 Å². The molecule has 0 saturated heterocycles. The van der Waals surface area contributed by atoms with Crippen molar-refractivity contribution in [3.8, 4) is 39.9 Å². The number of hydrogen-bond donors (Lipinski definition) is 3. The largest absolute Gasteiger partial charge is 0.493 e.